The van der Waals surface area contributed by atoms with Gasteiger partial charge in [-0.3, -0.25) is 4.79 Å². The van der Waals surface area contributed by atoms with Crippen LogP contribution >= 0.6 is 0 Å². The third-order valence-electron chi connectivity index (χ3n) is 2.92. The normalized spacial score (nSPS) is 12.2. The number of fused-ring (bicyclic) bond motifs is 3. The van der Waals surface area contributed by atoms with Gasteiger partial charge in [0, 0.05) is 16.3 Å². The van der Waals surface area contributed by atoms with Crippen LogP contribution in [0, 0.1) is 0 Å². The lowest BCUT2D eigenvalue weighted by atomic mass is 10.1. The number of aromatic amines is 1. The number of para-hydroxylation sites is 1. The van der Waals surface area contributed by atoms with Gasteiger partial charge in [-0.25, -0.2) is 4.79 Å². The molecule has 0 radical (unpaired) electrons. The van der Waals surface area contributed by atoms with E-state index in [0.717, 1.165) is 0 Å². The van der Waals surface area contributed by atoms with Crippen LogP contribution in [0.3, 0.4) is 0 Å². The molecule has 0 saturated carbocycles. The zero-order chi connectivity index (χ0) is 14.5. The topological polar surface area (TPSA) is 63.1 Å². The van der Waals surface area contributed by atoms with Crippen LogP contribution in [0.15, 0.2) is 44.3 Å². The molecule has 7 heteroatoms. The van der Waals surface area contributed by atoms with E-state index in [1.807, 2.05) is 0 Å². The number of halogens is 3. The molecule has 0 aliphatic rings. The van der Waals surface area contributed by atoms with E-state index in [1.54, 1.807) is 12.1 Å². The van der Waals surface area contributed by atoms with E-state index in [4.69, 9.17) is 0 Å². The molecule has 4 nitrogen and oxygen atoms in total. The van der Waals surface area contributed by atoms with Crippen molar-refractivity contribution in [3.05, 3.63) is 56.9 Å². The second kappa shape index (κ2) is 3.96. The maximum Gasteiger partial charge on any atom is 0.449 e. The Kier molecular flexibility index (Phi) is 2.47. The van der Waals surface area contributed by atoms with E-state index in [1.165, 1.54) is 12.1 Å². The van der Waals surface area contributed by atoms with E-state index in [-0.39, 0.29) is 5.39 Å². The lowest BCUT2D eigenvalue weighted by Crippen LogP contribution is -2.18. The number of nitrogens with one attached hydrogen (secondary N) is 1. The zero-order valence-corrected chi connectivity index (χ0v) is 9.75. The molecule has 2 heterocycles. The second-order valence-electron chi connectivity index (χ2n) is 4.18. The van der Waals surface area contributed by atoms with Gasteiger partial charge < -0.3 is 9.40 Å². The highest BCUT2D eigenvalue weighted by molar-refractivity contribution is 6.04. The molecule has 0 aliphatic heterocycles. The summed E-state index contributed by atoms with van der Waals surface area (Å²) in [4.78, 5) is 25.8. The van der Waals surface area contributed by atoms with Gasteiger partial charge in [-0.05, 0) is 12.1 Å². The van der Waals surface area contributed by atoms with Crippen molar-refractivity contribution in [3.63, 3.8) is 0 Å². The van der Waals surface area contributed by atoms with Crippen molar-refractivity contribution in [3.8, 4) is 0 Å². The largest absolute Gasteiger partial charge is 0.449 e. The minimum absolute atomic E-state index is 0.0760. The Morgan fingerprint density at radius 2 is 1.75 bits per heavy atom. The summed E-state index contributed by atoms with van der Waals surface area (Å²) in [5.74, 6) is -1.43. The Morgan fingerprint density at radius 3 is 2.45 bits per heavy atom. The van der Waals surface area contributed by atoms with Crippen LogP contribution in [0.25, 0.3) is 21.7 Å². The second-order valence-corrected chi connectivity index (χ2v) is 4.18. The van der Waals surface area contributed by atoms with Gasteiger partial charge in [0.25, 0.3) is 5.56 Å². The third-order valence-corrected chi connectivity index (χ3v) is 2.92. The number of benzene rings is 1. The Hall–Kier alpha value is -2.57. The summed E-state index contributed by atoms with van der Waals surface area (Å²) in [5.41, 5.74) is -1.73. The first-order valence-corrected chi connectivity index (χ1v) is 5.54. The van der Waals surface area contributed by atoms with Crippen LogP contribution < -0.4 is 11.2 Å². The van der Waals surface area contributed by atoms with E-state index >= 15 is 0 Å². The number of pyridine rings is 1. The SMILES string of the molecule is O=c1[nH]c2ccccc2c2cc(C(F)(F)F)oc(=O)c12. The van der Waals surface area contributed by atoms with Gasteiger partial charge in [0.15, 0.2) is 0 Å². The summed E-state index contributed by atoms with van der Waals surface area (Å²) in [6.07, 6.45) is -4.79. The van der Waals surface area contributed by atoms with E-state index in [0.29, 0.717) is 17.0 Å². The maximum absolute atomic E-state index is 12.7. The van der Waals surface area contributed by atoms with E-state index < -0.39 is 28.5 Å². The molecule has 0 amide bonds. The van der Waals surface area contributed by atoms with Gasteiger partial charge in [0.2, 0.25) is 5.76 Å². The van der Waals surface area contributed by atoms with Crippen LogP contribution in [-0.4, -0.2) is 4.98 Å². The average molecular weight is 281 g/mol. The fourth-order valence-electron chi connectivity index (χ4n) is 2.07. The number of aromatic nitrogens is 1. The molecule has 2 aromatic heterocycles. The third kappa shape index (κ3) is 1.78. The van der Waals surface area contributed by atoms with Crippen LogP contribution in [0.4, 0.5) is 13.2 Å². The Balaban J connectivity index is 2.60. The summed E-state index contributed by atoms with van der Waals surface area (Å²) < 4.78 is 42.2. The minimum atomic E-state index is -4.79. The van der Waals surface area contributed by atoms with E-state index in [9.17, 15) is 22.8 Å². The van der Waals surface area contributed by atoms with Crippen molar-refractivity contribution < 1.29 is 17.6 Å². The molecule has 3 aromatic rings. The van der Waals surface area contributed by atoms with Crippen LogP contribution in [0.2, 0.25) is 0 Å². The molecule has 0 spiro atoms. The summed E-state index contributed by atoms with van der Waals surface area (Å²) in [6.45, 7) is 0. The van der Waals surface area contributed by atoms with Gasteiger partial charge in [0.1, 0.15) is 5.39 Å². The quantitative estimate of drug-likeness (QED) is 0.644. The standard InChI is InChI=1S/C13H6F3NO3/c14-13(15,16)9-5-7-6-3-1-2-4-8(6)17-11(18)10(7)12(19)20-9/h1-5H,(H,17,18). The van der Waals surface area contributed by atoms with Crippen molar-refractivity contribution in [2.75, 3.05) is 0 Å². The molecule has 20 heavy (non-hydrogen) atoms. The minimum Gasteiger partial charge on any atom is -0.418 e. The fourth-order valence-corrected chi connectivity index (χ4v) is 2.07. The summed E-state index contributed by atoms with van der Waals surface area (Å²) in [5, 5.41) is -0.148. The van der Waals surface area contributed by atoms with Gasteiger partial charge >= 0.3 is 11.8 Å². The van der Waals surface area contributed by atoms with Crippen molar-refractivity contribution in [2.24, 2.45) is 0 Å². The molecule has 0 saturated heterocycles. The summed E-state index contributed by atoms with van der Waals surface area (Å²) in [7, 11) is 0. The van der Waals surface area contributed by atoms with Gasteiger partial charge in [-0.2, -0.15) is 13.2 Å². The predicted octanol–water partition coefficient (Wildman–Crippen LogP) is 2.65. The summed E-state index contributed by atoms with van der Waals surface area (Å²) in [6, 6.07) is 6.96. The highest BCUT2D eigenvalue weighted by atomic mass is 19.4. The monoisotopic (exact) mass is 281 g/mol. The fraction of sp³-hybridized carbons (Fsp3) is 0.0769. The van der Waals surface area contributed by atoms with Crippen molar-refractivity contribution >= 4 is 21.7 Å². The molecule has 0 atom stereocenters. The number of alkyl halides is 3. The Bertz CT molecular complexity index is 937. The first-order valence-electron chi connectivity index (χ1n) is 5.54. The number of H-pyrrole nitrogens is 1. The first-order chi connectivity index (χ1) is 9.38. The highest BCUT2D eigenvalue weighted by Crippen LogP contribution is 2.31. The Morgan fingerprint density at radius 1 is 1.05 bits per heavy atom. The van der Waals surface area contributed by atoms with Crippen LogP contribution in [0.5, 0.6) is 0 Å². The smallest absolute Gasteiger partial charge is 0.418 e. The van der Waals surface area contributed by atoms with Gasteiger partial charge in [0.05, 0.1) is 0 Å². The number of hydrogen-bond donors (Lipinski definition) is 1. The van der Waals surface area contributed by atoms with Crippen molar-refractivity contribution in [1.82, 2.24) is 4.98 Å². The summed E-state index contributed by atoms with van der Waals surface area (Å²) >= 11 is 0. The zero-order valence-electron chi connectivity index (χ0n) is 9.75. The molecule has 102 valence electrons. The molecular formula is C13H6F3NO3. The van der Waals surface area contributed by atoms with Crippen molar-refractivity contribution in [2.45, 2.75) is 6.18 Å². The molecule has 0 unspecified atom stereocenters. The Labute approximate surface area is 108 Å². The predicted molar refractivity (Wildman–Crippen MR) is 65.6 cm³/mol. The molecule has 0 bridgehead atoms. The number of hydrogen-bond acceptors (Lipinski definition) is 3. The van der Waals surface area contributed by atoms with Gasteiger partial charge in [-0.15, -0.1) is 0 Å². The van der Waals surface area contributed by atoms with E-state index in [2.05, 4.69) is 9.40 Å². The molecule has 3 rings (SSSR count). The molecule has 1 aromatic carbocycles. The molecule has 1 N–H and O–H groups in total. The molecule has 0 aliphatic carbocycles. The highest BCUT2D eigenvalue weighted by Gasteiger charge is 2.35. The van der Waals surface area contributed by atoms with Crippen molar-refractivity contribution in [1.29, 1.82) is 0 Å². The number of rotatable bonds is 0. The lowest BCUT2D eigenvalue weighted by Gasteiger charge is -2.07. The molecule has 0 fully saturated rings. The average Bonchev–Trinajstić information content (AvgIpc) is 2.37. The van der Waals surface area contributed by atoms with Crippen LogP contribution in [-0.2, 0) is 6.18 Å². The maximum atomic E-state index is 12.7. The van der Waals surface area contributed by atoms with Crippen LogP contribution in [0.1, 0.15) is 5.76 Å². The lowest BCUT2D eigenvalue weighted by molar-refractivity contribution is -0.154. The first kappa shape index (κ1) is 12.5. The molecular weight excluding hydrogens is 275 g/mol. The van der Waals surface area contributed by atoms with Gasteiger partial charge in [-0.1, -0.05) is 18.2 Å².